The highest BCUT2D eigenvalue weighted by Gasteiger charge is 2.13. The number of para-hydroxylation sites is 1. The number of nitrogens with zero attached hydrogens (tertiary/aromatic N) is 2. The van der Waals surface area contributed by atoms with E-state index in [4.69, 9.17) is 16.3 Å². The minimum Gasteiger partial charge on any atom is -0.455 e. The molecule has 0 fully saturated rings. The van der Waals surface area contributed by atoms with Crippen molar-refractivity contribution in [3.8, 4) is 0 Å². The zero-order chi connectivity index (χ0) is 13.9. The maximum absolute atomic E-state index is 11.9. The van der Waals surface area contributed by atoms with Crippen molar-refractivity contribution in [1.29, 1.82) is 0 Å². The van der Waals surface area contributed by atoms with Gasteiger partial charge in [0.25, 0.3) is 0 Å². The van der Waals surface area contributed by atoms with Crippen LogP contribution in [0.4, 0.5) is 0 Å². The fraction of sp³-hybridized carbons (Fsp3) is 0.0714. The smallest absolute Gasteiger partial charge is 0.341 e. The molecule has 3 rings (SSSR count). The Balaban J connectivity index is 1.73. The first-order valence-corrected chi connectivity index (χ1v) is 7.05. The lowest BCUT2D eigenvalue weighted by atomic mass is 10.3. The van der Waals surface area contributed by atoms with Gasteiger partial charge in [-0.25, -0.2) is 14.8 Å². The van der Waals surface area contributed by atoms with Gasteiger partial charge in [-0.15, -0.1) is 11.3 Å². The van der Waals surface area contributed by atoms with Gasteiger partial charge in [0.05, 0.1) is 15.8 Å². The molecule has 0 aliphatic carbocycles. The molecule has 4 nitrogen and oxygen atoms in total. The number of carbonyl (C=O) groups excluding carboxylic acids is 1. The maximum Gasteiger partial charge on any atom is 0.341 e. The molecule has 0 aliphatic rings. The first-order valence-electron chi connectivity index (χ1n) is 5.86. The molecule has 1 aromatic carbocycles. The molecule has 2 heterocycles. The fourth-order valence-electron chi connectivity index (χ4n) is 1.73. The van der Waals surface area contributed by atoms with Crippen molar-refractivity contribution < 1.29 is 9.53 Å². The lowest BCUT2D eigenvalue weighted by Gasteiger charge is -2.03. The summed E-state index contributed by atoms with van der Waals surface area (Å²) in [6, 6.07) is 11.0. The molecule has 100 valence electrons. The molecule has 0 unspecified atom stereocenters. The van der Waals surface area contributed by atoms with Gasteiger partial charge in [-0.1, -0.05) is 23.7 Å². The topological polar surface area (TPSA) is 52.1 Å². The SMILES string of the molecule is O=C(OCc1nc2ccccc2s1)c1cccnc1Cl. The Morgan fingerprint density at radius 1 is 1.25 bits per heavy atom. The fourth-order valence-corrected chi connectivity index (χ4v) is 2.80. The maximum atomic E-state index is 11.9. The van der Waals surface area contributed by atoms with Crippen molar-refractivity contribution in [2.75, 3.05) is 0 Å². The number of esters is 1. The molecule has 0 aliphatic heterocycles. The Morgan fingerprint density at radius 3 is 2.90 bits per heavy atom. The van der Waals surface area contributed by atoms with E-state index in [1.807, 2.05) is 24.3 Å². The average molecular weight is 305 g/mol. The van der Waals surface area contributed by atoms with Gasteiger partial charge in [-0.3, -0.25) is 0 Å². The Morgan fingerprint density at radius 2 is 2.10 bits per heavy atom. The predicted octanol–water partition coefficient (Wildman–Crippen LogP) is 3.70. The number of halogens is 1. The predicted molar refractivity (Wildman–Crippen MR) is 78.0 cm³/mol. The van der Waals surface area contributed by atoms with Crippen LogP contribution < -0.4 is 0 Å². The molecular formula is C14H9ClN2O2S. The van der Waals surface area contributed by atoms with Gasteiger partial charge >= 0.3 is 5.97 Å². The summed E-state index contributed by atoms with van der Waals surface area (Å²) in [7, 11) is 0. The second-order valence-electron chi connectivity index (χ2n) is 3.99. The van der Waals surface area contributed by atoms with Crippen LogP contribution in [0, 0.1) is 0 Å². The number of rotatable bonds is 3. The average Bonchev–Trinajstić information content (AvgIpc) is 2.88. The molecule has 0 atom stereocenters. The van der Waals surface area contributed by atoms with E-state index in [1.54, 1.807) is 12.1 Å². The summed E-state index contributed by atoms with van der Waals surface area (Å²) in [6.45, 7) is 0.128. The summed E-state index contributed by atoms with van der Waals surface area (Å²) in [6.07, 6.45) is 1.52. The number of thiazole rings is 1. The normalized spacial score (nSPS) is 10.7. The van der Waals surface area contributed by atoms with E-state index in [9.17, 15) is 4.79 Å². The third-order valence-corrected chi connectivity index (χ3v) is 3.96. The van der Waals surface area contributed by atoms with Gasteiger partial charge in [0.2, 0.25) is 0 Å². The Labute approximate surface area is 124 Å². The number of pyridine rings is 1. The molecule has 20 heavy (non-hydrogen) atoms. The van der Waals surface area contributed by atoms with E-state index in [-0.39, 0.29) is 17.3 Å². The highest BCUT2D eigenvalue weighted by molar-refractivity contribution is 7.18. The lowest BCUT2D eigenvalue weighted by Crippen LogP contribution is -2.06. The second kappa shape index (κ2) is 5.56. The van der Waals surface area contributed by atoms with E-state index in [0.717, 1.165) is 15.2 Å². The number of carbonyl (C=O) groups is 1. The van der Waals surface area contributed by atoms with Crippen LogP contribution in [0.25, 0.3) is 10.2 Å². The first kappa shape index (κ1) is 13.0. The molecular weight excluding hydrogens is 296 g/mol. The molecule has 0 amide bonds. The van der Waals surface area contributed by atoms with E-state index in [2.05, 4.69) is 9.97 Å². The Bertz CT molecular complexity index is 739. The van der Waals surface area contributed by atoms with Crippen molar-refractivity contribution in [3.63, 3.8) is 0 Å². The summed E-state index contributed by atoms with van der Waals surface area (Å²) in [5.74, 6) is -0.498. The zero-order valence-corrected chi connectivity index (χ0v) is 11.8. The van der Waals surface area contributed by atoms with Gasteiger partial charge in [-0.05, 0) is 24.3 Å². The number of hydrogen-bond acceptors (Lipinski definition) is 5. The van der Waals surface area contributed by atoms with E-state index in [0.29, 0.717) is 0 Å². The number of ether oxygens (including phenoxy) is 1. The molecule has 2 aromatic heterocycles. The molecule has 0 N–H and O–H groups in total. The van der Waals surface area contributed by atoms with Gasteiger partial charge in [0.15, 0.2) is 0 Å². The van der Waals surface area contributed by atoms with Gasteiger partial charge < -0.3 is 4.74 Å². The van der Waals surface area contributed by atoms with Crippen molar-refractivity contribution in [1.82, 2.24) is 9.97 Å². The van der Waals surface area contributed by atoms with Crippen molar-refractivity contribution in [3.05, 3.63) is 58.3 Å². The van der Waals surface area contributed by atoms with E-state index >= 15 is 0 Å². The Hall–Kier alpha value is -1.98. The molecule has 3 aromatic rings. The summed E-state index contributed by atoms with van der Waals surface area (Å²) in [5.41, 5.74) is 1.17. The molecule has 0 radical (unpaired) electrons. The standard InChI is InChI=1S/C14H9ClN2O2S/c15-13-9(4-3-7-16-13)14(18)19-8-12-17-10-5-1-2-6-11(10)20-12/h1-7H,8H2. The lowest BCUT2D eigenvalue weighted by molar-refractivity contribution is 0.0472. The third kappa shape index (κ3) is 2.64. The molecule has 0 saturated carbocycles. The van der Waals surface area contributed by atoms with Gasteiger partial charge in [-0.2, -0.15) is 0 Å². The molecule has 6 heteroatoms. The van der Waals surface area contributed by atoms with Crippen molar-refractivity contribution in [2.45, 2.75) is 6.61 Å². The minimum absolute atomic E-state index is 0.128. The van der Waals surface area contributed by atoms with Crippen LogP contribution in [0.3, 0.4) is 0 Å². The van der Waals surface area contributed by atoms with Gasteiger partial charge in [0, 0.05) is 6.20 Å². The third-order valence-electron chi connectivity index (χ3n) is 2.64. The summed E-state index contributed by atoms with van der Waals surface area (Å²) < 4.78 is 6.28. The summed E-state index contributed by atoms with van der Waals surface area (Å²) in [5, 5.41) is 0.890. The number of benzene rings is 1. The van der Waals surface area contributed by atoms with Crippen LogP contribution in [0.1, 0.15) is 15.4 Å². The minimum atomic E-state index is -0.498. The molecule has 0 bridgehead atoms. The van der Waals surface area contributed by atoms with Crippen LogP contribution in [0.5, 0.6) is 0 Å². The largest absolute Gasteiger partial charge is 0.455 e. The van der Waals surface area contributed by atoms with Crippen molar-refractivity contribution in [2.24, 2.45) is 0 Å². The first-order chi connectivity index (χ1) is 9.74. The van der Waals surface area contributed by atoms with Crippen LogP contribution in [-0.2, 0) is 11.3 Å². The highest BCUT2D eigenvalue weighted by atomic mass is 35.5. The molecule has 0 saturated heterocycles. The number of fused-ring (bicyclic) bond motifs is 1. The zero-order valence-electron chi connectivity index (χ0n) is 10.2. The van der Waals surface area contributed by atoms with E-state index in [1.165, 1.54) is 17.5 Å². The quantitative estimate of drug-likeness (QED) is 0.547. The number of aromatic nitrogens is 2. The van der Waals surface area contributed by atoms with Crippen LogP contribution in [0.2, 0.25) is 5.15 Å². The van der Waals surface area contributed by atoms with Gasteiger partial charge in [0.1, 0.15) is 16.8 Å². The highest BCUT2D eigenvalue weighted by Crippen LogP contribution is 2.22. The van der Waals surface area contributed by atoms with Crippen LogP contribution in [-0.4, -0.2) is 15.9 Å². The summed E-state index contributed by atoms with van der Waals surface area (Å²) in [4.78, 5) is 20.1. The Kier molecular flexibility index (Phi) is 3.62. The second-order valence-corrected chi connectivity index (χ2v) is 5.47. The van der Waals surface area contributed by atoms with Crippen LogP contribution in [0.15, 0.2) is 42.6 Å². The summed E-state index contributed by atoms with van der Waals surface area (Å²) >= 11 is 7.34. The molecule has 0 spiro atoms. The van der Waals surface area contributed by atoms with Crippen LogP contribution >= 0.6 is 22.9 Å². The number of hydrogen-bond donors (Lipinski definition) is 0. The van der Waals surface area contributed by atoms with Crippen molar-refractivity contribution >= 4 is 39.1 Å². The monoisotopic (exact) mass is 304 g/mol. The van der Waals surface area contributed by atoms with E-state index < -0.39 is 5.97 Å².